The van der Waals surface area contributed by atoms with Crippen molar-refractivity contribution in [3.05, 3.63) is 0 Å². The van der Waals surface area contributed by atoms with E-state index in [1.165, 1.54) is 6.92 Å². The van der Waals surface area contributed by atoms with E-state index < -0.39 is 17.7 Å². The summed E-state index contributed by atoms with van der Waals surface area (Å²) < 4.78 is 0. The number of carboxylic acid groups (broad SMARTS) is 1. The van der Waals surface area contributed by atoms with Crippen LogP contribution in [0.1, 0.15) is 34.1 Å². The molecule has 0 aromatic carbocycles. The predicted molar refractivity (Wildman–Crippen MR) is 43.6 cm³/mol. The molecule has 0 bridgehead atoms. The summed E-state index contributed by atoms with van der Waals surface area (Å²) in [6, 6.07) is 0. The highest BCUT2D eigenvalue weighted by Crippen LogP contribution is 2.14. The van der Waals surface area contributed by atoms with Crippen LogP contribution in [0.4, 0.5) is 0 Å². The molecule has 1 unspecified atom stereocenters. The SMILES string of the molecule is CCC(C)(C)OOC(C)C(=O)O. The van der Waals surface area contributed by atoms with E-state index in [9.17, 15) is 4.79 Å². The molecular weight excluding hydrogens is 160 g/mol. The maximum absolute atomic E-state index is 10.3. The fourth-order valence-electron chi connectivity index (χ4n) is 0.302. The molecule has 0 aromatic rings. The van der Waals surface area contributed by atoms with Crippen molar-refractivity contribution >= 4 is 5.97 Å². The average molecular weight is 176 g/mol. The Bertz CT molecular complexity index is 153. The van der Waals surface area contributed by atoms with Crippen molar-refractivity contribution in [1.29, 1.82) is 0 Å². The fourth-order valence-corrected chi connectivity index (χ4v) is 0.302. The second kappa shape index (κ2) is 4.42. The van der Waals surface area contributed by atoms with Gasteiger partial charge in [-0.1, -0.05) is 6.92 Å². The number of hydrogen-bond acceptors (Lipinski definition) is 3. The average Bonchev–Trinajstić information content (AvgIpc) is 2.00. The van der Waals surface area contributed by atoms with Gasteiger partial charge in [0.15, 0.2) is 6.10 Å². The molecule has 4 heteroatoms. The van der Waals surface area contributed by atoms with Gasteiger partial charge in [-0.2, -0.15) is 0 Å². The standard InChI is InChI=1S/C8H16O4/c1-5-8(3,4)12-11-6(2)7(9)10/h6H,5H2,1-4H3,(H,9,10). The minimum absolute atomic E-state index is 0.427. The molecule has 72 valence electrons. The zero-order chi connectivity index (χ0) is 9.78. The first-order chi connectivity index (χ1) is 5.39. The molecule has 0 saturated carbocycles. The van der Waals surface area contributed by atoms with Crippen LogP contribution >= 0.6 is 0 Å². The quantitative estimate of drug-likeness (QED) is 0.510. The smallest absolute Gasteiger partial charge is 0.335 e. The van der Waals surface area contributed by atoms with Crippen molar-refractivity contribution < 1.29 is 19.7 Å². The Morgan fingerprint density at radius 3 is 2.42 bits per heavy atom. The Hall–Kier alpha value is -0.610. The van der Waals surface area contributed by atoms with Gasteiger partial charge in [0.2, 0.25) is 0 Å². The van der Waals surface area contributed by atoms with E-state index in [1.54, 1.807) is 0 Å². The minimum atomic E-state index is -1.03. The molecule has 0 rings (SSSR count). The van der Waals surface area contributed by atoms with E-state index in [0.717, 1.165) is 6.42 Å². The topological polar surface area (TPSA) is 55.8 Å². The predicted octanol–water partition coefficient (Wildman–Crippen LogP) is 1.60. The molecule has 0 heterocycles. The van der Waals surface area contributed by atoms with Gasteiger partial charge in [-0.25, -0.2) is 14.6 Å². The molecule has 0 aromatic heterocycles. The van der Waals surface area contributed by atoms with Crippen molar-refractivity contribution in [1.82, 2.24) is 0 Å². The molecule has 12 heavy (non-hydrogen) atoms. The lowest BCUT2D eigenvalue weighted by molar-refractivity contribution is -0.369. The first-order valence-corrected chi connectivity index (χ1v) is 3.96. The number of carbonyl (C=O) groups is 1. The zero-order valence-electron chi connectivity index (χ0n) is 7.96. The van der Waals surface area contributed by atoms with Crippen LogP contribution in [0, 0.1) is 0 Å². The van der Waals surface area contributed by atoms with Gasteiger partial charge in [0.1, 0.15) is 0 Å². The number of aliphatic carboxylic acids is 1. The van der Waals surface area contributed by atoms with Gasteiger partial charge in [0.25, 0.3) is 0 Å². The van der Waals surface area contributed by atoms with Gasteiger partial charge < -0.3 is 5.11 Å². The molecular formula is C8H16O4. The Balaban J connectivity index is 3.75. The minimum Gasteiger partial charge on any atom is -0.479 e. The molecule has 0 amide bonds. The summed E-state index contributed by atoms with van der Waals surface area (Å²) in [6.07, 6.45) is -0.157. The summed E-state index contributed by atoms with van der Waals surface area (Å²) in [4.78, 5) is 19.9. The van der Waals surface area contributed by atoms with Crippen LogP contribution in [0.5, 0.6) is 0 Å². The van der Waals surface area contributed by atoms with Crippen molar-refractivity contribution in [2.75, 3.05) is 0 Å². The largest absolute Gasteiger partial charge is 0.479 e. The maximum atomic E-state index is 10.3. The first kappa shape index (κ1) is 11.4. The number of carboxylic acids is 1. The molecule has 0 aliphatic carbocycles. The highest BCUT2D eigenvalue weighted by atomic mass is 17.2. The van der Waals surface area contributed by atoms with Crippen LogP contribution in [-0.2, 0) is 14.6 Å². The third-order valence-corrected chi connectivity index (χ3v) is 1.62. The van der Waals surface area contributed by atoms with Crippen molar-refractivity contribution in [2.24, 2.45) is 0 Å². The molecule has 0 fully saturated rings. The molecule has 0 radical (unpaired) electrons. The van der Waals surface area contributed by atoms with Gasteiger partial charge in [-0.15, -0.1) is 0 Å². The highest BCUT2D eigenvalue weighted by Gasteiger charge is 2.21. The number of hydrogen-bond donors (Lipinski definition) is 1. The van der Waals surface area contributed by atoms with Crippen molar-refractivity contribution in [3.8, 4) is 0 Å². The summed E-state index contributed by atoms with van der Waals surface area (Å²) >= 11 is 0. The third-order valence-electron chi connectivity index (χ3n) is 1.62. The van der Waals surface area contributed by atoms with E-state index in [0.29, 0.717) is 0 Å². The van der Waals surface area contributed by atoms with Gasteiger partial charge in [-0.05, 0) is 27.2 Å². The van der Waals surface area contributed by atoms with Crippen LogP contribution in [0.3, 0.4) is 0 Å². The summed E-state index contributed by atoms with van der Waals surface area (Å²) in [5, 5.41) is 8.45. The monoisotopic (exact) mass is 176 g/mol. The fraction of sp³-hybridized carbons (Fsp3) is 0.875. The van der Waals surface area contributed by atoms with E-state index in [1.807, 2.05) is 20.8 Å². The van der Waals surface area contributed by atoms with Gasteiger partial charge in [0.05, 0.1) is 5.60 Å². The molecule has 4 nitrogen and oxygen atoms in total. The van der Waals surface area contributed by atoms with Crippen molar-refractivity contribution in [3.63, 3.8) is 0 Å². The lowest BCUT2D eigenvalue weighted by Crippen LogP contribution is -2.29. The van der Waals surface area contributed by atoms with Gasteiger partial charge in [-0.3, -0.25) is 0 Å². The molecule has 1 atom stereocenters. The van der Waals surface area contributed by atoms with Crippen LogP contribution in [0.15, 0.2) is 0 Å². The highest BCUT2D eigenvalue weighted by molar-refractivity contribution is 5.71. The van der Waals surface area contributed by atoms with Crippen LogP contribution in [-0.4, -0.2) is 22.8 Å². The molecule has 0 spiro atoms. The zero-order valence-corrected chi connectivity index (χ0v) is 7.96. The summed E-state index contributed by atoms with van der Waals surface area (Å²) in [7, 11) is 0. The summed E-state index contributed by atoms with van der Waals surface area (Å²) in [6.45, 7) is 7.03. The number of rotatable bonds is 5. The van der Waals surface area contributed by atoms with Crippen molar-refractivity contribution in [2.45, 2.75) is 45.8 Å². The maximum Gasteiger partial charge on any atom is 0.335 e. The summed E-state index contributed by atoms with van der Waals surface area (Å²) in [5.41, 5.74) is -0.427. The van der Waals surface area contributed by atoms with Crippen LogP contribution < -0.4 is 0 Å². The lowest BCUT2D eigenvalue weighted by atomic mass is 10.1. The molecule has 1 N–H and O–H groups in total. The third kappa shape index (κ3) is 4.31. The molecule has 0 aliphatic heterocycles. The Morgan fingerprint density at radius 2 is 2.08 bits per heavy atom. The Kier molecular flexibility index (Phi) is 4.20. The molecule has 0 saturated heterocycles. The van der Waals surface area contributed by atoms with E-state index in [2.05, 4.69) is 4.89 Å². The second-order valence-electron chi connectivity index (χ2n) is 3.27. The normalized spacial score (nSPS) is 14.3. The lowest BCUT2D eigenvalue weighted by Gasteiger charge is -2.22. The first-order valence-electron chi connectivity index (χ1n) is 3.96. The van der Waals surface area contributed by atoms with Gasteiger partial charge >= 0.3 is 5.97 Å². The second-order valence-corrected chi connectivity index (χ2v) is 3.27. The van der Waals surface area contributed by atoms with E-state index in [-0.39, 0.29) is 0 Å². The Morgan fingerprint density at radius 1 is 1.58 bits per heavy atom. The van der Waals surface area contributed by atoms with Crippen LogP contribution in [0.25, 0.3) is 0 Å². The Labute approximate surface area is 72.4 Å². The van der Waals surface area contributed by atoms with E-state index in [4.69, 9.17) is 9.99 Å². The summed E-state index contributed by atoms with van der Waals surface area (Å²) in [5.74, 6) is -1.03. The van der Waals surface area contributed by atoms with Gasteiger partial charge in [0, 0.05) is 0 Å². The molecule has 0 aliphatic rings. The van der Waals surface area contributed by atoms with E-state index >= 15 is 0 Å². The van der Waals surface area contributed by atoms with Crippen LogP contribution in [0.2, 0.25) is 0 Å².